The van der Waals surface area contributed by atoms with Gasteiger partial charge >= 0.3 is 11.9 Å². The van der Waals surface area contributed by atoms with Crippen LogP contribution in [-0.4, -0.2) is 16.9 Å². The first-order valence-electron chi connectivity index (χ1n) is 5.54. The van der Waals surface area contributed by atoms with Crippen LogP contribution >= 0.6 is 0 Å². The Labute approximate surface area is 104 Å². The smallest absolute Gasteiger partial charge is 0.330 e. The lowest BCUT2D eigenvalue weighted by atomic mass is 10.0. The number of rotatable bonds is 4. The van der Waals surface area contributed by atoms with E-state index in [2.05, 4.69) is 0 Å². The quantitative estimate of drug-likeness (QED) is 0.903. The zero-order valence-electron chi connectivity index (χ0n) is 10.5. The first-order chi connectivity index (χ1) is 8.34. The lowest BCUT2D eigenvalue weighted by Gasteiger charge is -2.13. The van der Waals surface area contributed by atoms with Crippen LogP contribution in [0.3, 0.4) is 0 Å². The summed E-state index contributed by atoms with van der Waals surface area (Å²) in [5.74, 6) is -5.79. The van der Waals surface area contributed by atoms with Crippen LogP contribution in [-0.2, 0) is 21.9 Å². The third-order valence-electron chi connectivity index (χ3n) is 2.11. The van der Waals surface area contributed by atoms with Crippen LogP contribution in [0.1, 0.15) is 31.9 Å². The summed E-state index contributed by atoms with van der Waals surface area (Å²) >= 11 is 0. The lowest BCUT2D eigenvalue weighted by molar-refractivity contribution is -0.142. The molecule has 0 unspecified atom stereocenters. The van der Waals surface area contributed by atoms with Crippen molar-refractivity contribution in [1.82, 2.24) is 0 Å². The average molecular weight is 258 g/mol. The maximum atomic E-state index is 13.2. The molecular weight excluding hydrogens is 242 g/mol. The number of benzene rings is 1. The van der Waals surface area contributed by atoms with Crippen LogP contribution in [0.25, 0.3) is 0 Å². The first-order valence-corrected chi connectivity index (χ1v) is 5.54. The number of aliphatic carboxylic acids is 1. The molecule has 0 saturated carbocycles. The second-order valence-corrected chi connectivity index (χ2v) is 3.40. The van der Waals surface area contributed by atoms with Crippen molar-refractivity contribution in [2.75, 3.05) is 0 Å². The number of Topliss-reactive ketones (excluding diaryl/α,β-unsaturated/α-hetero) is 1. The molecule has 1 N–H and O–H groups in total. The molecule has 3 nitrogen and oxygen atoms in total. The largest absolute Gasteiger partial charge is 0.481 e. The number of alkyl halides is 2. The fourth-order valence-corrected chi connectivity index (χ4v) is 1.21. The van der Waals surface area contributed by atoms with E-state index in [9.17, 15) is 18.4 Å². The molecule has 100 valence electrons. The molecule has 0 aliphatic carbocycles. The summed E-state index contributed by atoms with van der Waals surface area (Å²) in [4.78, 5) is 21.0. The average Bonchev–Trinajstić information content (AvgIpc) is 2.31. The van der Waals surface area contributed by atoms with Gasteiger partial charge < -0.3 is 5.11 Å². The molecule has 0 bridgehead atoms. The highest BCUT2D eigenvalue weighted by Crippen LogP contribution is 2.28. The van der Waals surface area contributed by atoms with E-state index in [4.69, 9.17) is 5.11 Å². The Balaban J connectivity index is 0.00000137. The maximum Gasteiger partial charge on any atom is 0.330 e. The fraction of sp³-hybridized carbons (Fsp3) is 0.385. The van der Waals surface area contributed by atoms with E-state index in [0.717, 1.165) is 19.1 Å². The second kappa shape index (κ2) is 6.83. The molecule has 0 aliphatic heterocycles. The van der Waals surface area contributed by atoms with Gasteiger partial charge in [0.15, 0.2) is 0 Å². The third-order valence-corrected chi connectivity index (χ3v) is 2.11. The van der Waals surface area contributed by atoms with Crippen molar-refractivity contribution >= 4 is 11.8 Å². The summed E-state index contributed by atoms with van der Waals surface area (Å²) in [6, 6.07) is 4.69. The van der Waals surface area contributed by atoms with E-state index in [-0.39, 0.29) is 6.42 Å². The Morgan fingerprint density at radius 1 is 1.17 bits per heavy atom. The van der Waals surface area contributed by atoms with Crippen LogP contribution in [0, 0.1) is 0 Å². The summed E-state index contributed by atoms with van der Waals surface area (Å²) in [6.07, 6.45) is -0.230. The van der Waals surface area contributed by atoms with Crippen molar-refractivity contribution in [3.63, 3.8) is 0 Å². The predicted octanol–water partition coefficient (Wildman–Crippen LogP) is 3.02. The summed E-state index contributed by atoms with van der Waals surface area (Å²) in [5, 5.41) is 8.48. The van der Waals surface area contributed by atoms with Gasteiger partial charge in [-0.15, -0.1) is 0 Å². The van der Waals surface area contributed by atoms with Crippen molar-refractivity contribution in [3.8, 4) is 0 Å². The Morgan fingerprint density at radius 2 is 1.61 bits per heavy atom. The fourth-order valence-electron chi connectivity index (χ4n) is 1.21. The summed E-state index contributed by atoms with van der Waals surface area (Å²) in [7, 11) is 0. The standard InChI is InChI=1S/C11H10F2O3.C2H6/c1-7(14)11(12,13)9-4-2-8(3-5-9)6-10(15)16;1-2/h2-5H,6H2,1H3,(H,15,16);1-2H3. The van der Waals surface area contributed by atoms with Crippen molar-refractivity contribution in [2.24, 2.45) is 0 Å². The van der Waals surface area contributed by atoms with E-state index in [1.54, 1.807) is 0 Å². The van der Waals surface area contributed by atoms with Gasteiger partial charge in [-0.1, -0.05) is 38.1 Å². The topological polar surface area (TPSA) is 54.4 Å². The van der Waals surface area contributed by atoms with Gasteiger partial charge in [-0.25, -0.2) is 0 Å². The number of ketones is 1. The van der Waals surface area contributed by atoms with Crippen molar-refractivity contribution in [3.05, 3.63) is 35.4 Å². The molecule has 0 fully saturated rings. The molecule has 1 aromatic carbocycles. The SMILES string of the molecule is CC.CC(=O)C(F)(F)c1ccc(CC(=O)O)cc1. The highest BCUT2D eigenvalue weighted by molar-refractivity contribution is 5.84. The highest BCUT2D eigenvalue weighted by atomic mass is 19.3. The van der Waals surface area contributed by atoms with Gasteiger partial charge in [0.25, 0.3) is 0 Å². The molecule has 18 heavy (non-hydrogen) atoms. The minimum absolute atomic E-state index is 0.230. The zero-order chi connectivity index (χ0) is 14.3. The molecular formula is C13H16F2O3. The van der Waals surface area contributed by atoms with E-state index in [1.807, 2.05) is 13.8 Å². The molecule has 0 heterocycles. The maximum absolute atomic E-state index is 13.2. The molecule has 0 saturated heterocycles. The van der Waals surface area contributed by atoms with Crippen molar-refractivity contribution in [2.45, 2.75) is 33.1 Å². The number of carboxylic acid groups (broad SMARTS) is 1. The normalized spacial score (nSPS) is 10.3. The molecule has 0 radical (unpaired) electrons. The molecule has 0 aliphatic rings. The van der Waals surface area contributed by atoms with Crippen LogP contribution in [0.2, 0.25) is 0 Å². The van der Waals surface area contributed by atoms with Crippen molar-refractivity contribution < 1.29 is 23.5 Å². The van der Waals surface area contributed by atoms with Gasteiger partial charge in [0.1, 0.15) is 0 Å². The number of halogens is 2. The highest BCUT2D eigenvalue weighted by Gasteiger charge is 2.37. The van der Waals surface area contributed by atoms with E-state index >= 15 is 0 Å². The molecule has 1 aromatic rings. The Kier molecular flexibility index (Phi) is 6.16. The van der Waals surface area contributed by atoms with Gasteiger partial charge in [0.05, 0.1) is 6.42 Å². The molecule has 0 aromatic heterocycles. The molecule has 5 heteroatoms. The Hall–Kier alpha value is -1.78. The number of hydrogen-bond acceptors (Lipinski definition) is 2. The summed E-state index contributed by atoms with van der Waals surface area (Å²) in [5.41, 5.74) is -0.00950. The monoisotopic (exact) mass is 258 g/mol. The van der Waals surface area contributed by atoms with E-state index in [0.29, 0.717) is 5.56 Å². The van der Waals surface area contributed by atoms with Gasteiger partial charge in [0, 0.05) is 12.5 Å². The first kappa shape index (κ1) is 16.2. The van der Waals surface area contributed by atoms with E-state index < -0.39 is 23.2 Å². The molecule has 0 amide bonds. The molecule has 0 spiro atoms. The van der Waals surface area contributed by atoms with E-state index in [1.165, 1.54) is 12.1 Å². The Morgan fingerprint density at radius 3 is 1.94 bits per heavy atom. The summed E-state index contributed by atoms with van der Waals surface area (Å²) in [6.45, 7) is 4.81. The van der Waals surface area contributed by atoms with Crippen LogP contribution < -0.4 is 0 Å². The number of carbonyl (C=O) groups is 2. The van der Waals surface area contributed by atoms with Gasteiger partial charge in [0.2, 0.25) is 5.78 Å². The van der Waals surface area contributed by atoms with Gasteiger partial charge in [-0.2, -0.15) is 8.78 Å². The van der Waals surface area contributed by atoms with Gasteiger partial charge in [-0.05, 0) is 5.56 Å². The van der Waals surface area contributed by atoms with Crippen LogP contribution in [0.15, 0.2) is 24.3 Å². The minimum Gasteiger partial charge on any atom is -0.481 e. The number of carboxylic acids is 1. The molecule has 1 rings (SSSR count). The third kappa shape index (κ3) is 4.24. The van der Waals surface area contributed by atoms with Gasteiger partial charge in [-0.3, -0.25) is 9.59 Å². The zero-order valence-corrected chi connectivity index (χ0v) is 10.5. The number of carbonyl (C=O) groups excluding carboxylic acids is 1. The lowest BCUT2D eigenvalue weighted by Crippen LogP contribution is -2.22. The summed E-state index contributed by atoms with van der Waals surface area (Å²) < 4.78 is 26.4. The second-order valence-electron chi connectivity index (χ2n) is 3.40. The number of hydrogen-bond donors (Lipinski definition) is 1. The van der Waals surface area contributed by atoms with Crippen molar-refractivity contribution in [1.29, 1.82) is 0 Å². The Bertz CT molecular complexity index is 411. The molecule has 0 atom stereocenters. The van der Waals surface area contributed by atoms with Crippen LogP contribution in [0.5, 0.6) is 0 Å². The predicted molar refractivity (Wildman–Crippen MR) is 63.7 cm³/mol. The van der Waals surface area contributed by atoms with Crippen LogP contribution in [0.4, 0.5) is 8.78 Å². The minimum atomic E-state index is -3.51.